The molecule has 3 aliphatic carbocycles. The van der Waals surface area contributed by atoms with E-state index in [0.29, 0.717) is 21.5 Å². The summed E-state index contributed by atoms with van der Waals surface area (Å²) in [6, 6.07) is 3.55. The summed E-state index contributed by atoms with van der Waals surface area (Å²) in [5, 5.41) is 5.27. The van der Waals surface area contributed by atoms with Crippen molar-refractivity contribution in [3.8, 4) is 11.5 Å². The van der Waals surface area contributed by atoms with Crippen molar-refractivity contribution in [2.24, 2.45) is 28.8 Å². The number of nitrogens with zero attached hydrogens (tertiary/aromatic N) is 2. The van der Waals surface area contributed by atoms with Gasteiger partial charge >= 0.3 is 0 Å². The lowest BCUT2D eigenvalue weighted by atomic mass is 9.63. The number of fused-ring (bicyclic) bond motifs is 1. The lowest BCUT2D eigenvalue weighted by Gasteiger charge is -2.37. The average molecular weight is 419 g/mol. The van der Waals surface area contributed by atoms with Gasteiger partial charge in [-0.3, -0.25) is 9.59 Å². The van der Waals surface area contributed by atoms with Gasteiger partial charge < -0.3 is 9.47 Å². The Morgan fingerprint density at radius 1 is 1.08 bits per heavy atom. The van der Waals surface area contributed by atoms with Gasteiger partial charge in [-0.25, -0.2) is 0 Å². The molecule has 5 rings (SSSR count). The molecule has 6 nitrogen and oxygen atoms in total. The van der Waals surface area contributed by atoms with E-state index < -0.39 is 0 Å². The normalized spacial score (nSPS) is 29.6. The Kier molecular flexibility index (Phi) is 4.34. The van der Waals surface area contributed by atoms with Crippen LogP contribution in [0, 0.1) is 23.7 Å². The number of hydrogen-bond donors (Lipinski definition) is 0. The van der Waals surface area contributed by atoms with E-state index in [-0.39, 0.29) is 35.5 Å². The van der Waals surface area contributed by atoms with Crippen LogP contribution in [0.4, 0.5) is 0 Å². The largest absolute Gasteiger partial charge is 0.493 e. The fraction of sp³-hybridized carbons (Fsp3) is 0.421. The number of hydrazone groups is 1. The van der Waals surface area contributed by atoms with Crippen molar-refractivity contribution in [3.63, 3.8) is 0 Å². The molecule has 2 amide bonds. The average Bonchev–Trinajstić information content (AvgIpc) is 2.93. The van der Waals surface area contributed by atoms with Crippen LogP contribution in [0.5, 0.6) is 11.5 Å². The first-order valence-corrected chi connectivity index (χ1v) is 9.36. The number of imide groups is 1. The fourth-order valence-corrected chi connectivity index (χ4v) is 4.93. The van der Waals surface area contributed by atoms with Gasteiger partial charge in [0.25, 0.3) is 11.8 Å². The molecule has 1 saturated carbocycles. The number of methoxy groups -OCH3 is 2. The van der Waals surface area contributed by atoms with Crippen LogP contribution < -0.4 is 9.47 Å². The third kappa shape index (κ3) is 2.57. The molecule has 1 saturated heterocycles. The van der Waals surface area contributed by atoms with E-state index in [2.05, 4.69) is 33.2 Å². The highest BCUT2D eigenvalue weighted by molar-refractivity contribution is 9.10. The summed E-state index contributed by atoms with van der Waals surface area (Å²) in [5.41, 5.74) is 0.700. The fourth-order valence-electron chi connectivity index (χ4n) is 4.31. The molecular weight excluding hydrogens is 400 g/mol. The third-order valence-electron chi connectivity index (χ3n) is 5.51. The van der Waals surface area contributed by atoms with Crippen LogP contribution in [0.3, 0.4) is 0 Å². The van der Waals surface area contributed by atoms with Crippen LogP contribution in [-0.2, 0) is 9.59 Å². The van der Waals surface area contributed by atoms with Gasteiger partial charge in [0.05, 0.1) is 36.7 Å². The summed E-state index contributed by atoms with van der Waals surface area (Å²) in [6.45, 7) is 0. The van der Waals surface area contributed by atoms with Crippen LogP contribution in [0.15, 0.2) is 33.9 Å². The number of carbonyl (C=O) groups is 2. The van der Waals surface area contributed by atoms with Crippen LogP contribution >= 0.6 is 15.9 Å². The summed E-state index contributed by atoms with van der Waals surface area (Å²) in [7, 11) is 3.11. The quantitative estimate of drug-likeness (QED) is 0.428. The monoisotopic (exact) mass is 418 g/mol. The first kappa shape index (κ1) is 17.3. The van der Waals surface area contributed by atoms with E-state index in [1.54, 1.807) is 26.4 Å². The van der Waals surface area contributed by atoms with Crippen molar-refractivity contribution in [1.82, 2.24) is 5.01 Å². The molecule has 26 heavy (non-hydrogen) atoms. The smallest absolute Gasteiger partial charge is 0.254 e. The van der Waals surface area contributed by atoms with Crippen LogP contribution in [0.1, 0.15) is 18.4 Å². The van der Waals surface area contributed by atoms with Gasteiger partial charge in [0, 0.05) is 0 Å². The molecule has 7 heteroatoms. The number of ether oxygens (including phenoxy) is 2. The van der Waals surface area contributed by atoms with E-state index in [4.69, 9.17) is 9.47 Å². The molecule has 1 aromatic carbocycles. The van der Waals surface area contributed by atoms with E-state index in [9.17, 15) is 9.59 Å². The Morgan fingerprint density at radius 3 is 2.19 bits per heavy atom. The summed E-state index contributed by atoms with van der Waals surface area (Å²) < 4.78 is 11.3. The van der Waals surface area contributed by atoms with Gasteiger partial charge in [-0.2, -0.15) is 10.1 Å². The SMILES string of the molecule is COc1cc(/C=N\N2C(=O)[C@@H]3[C@@H](C2=O)[C@@H]2C=C[C@@H]3CC2)cc(Br)c1OC. The predicted octanol–water partition coefficient (Wildman–Crippen LogP) is 3.00. The Hall–Kier alpha value is -2.15. The standard InChI is InChI=1S/C19H19BrN2O4/c1-25-14-8-10(7-13(20)17(14)26-2)9-21-22-18(23)15-11-3-4-12(6-5-11)16(15)19(22)24/h3-4,7-9,11-12,15-16H,5-6H2,1-2H3/b21-9-/t11-,12-,15+,16+/m1/s1. The molecule has 0 N–H and O–H groups in total. The number of halogens is 1. The molecule has 4 atom stereocenters. The highest BCUT2D eigenvalue weighted by Crippen LogP contribution is 2.49. The Bertz CT molecular complexity index is 803. The molecule has 1 aliphatic heterocycles. The maximum Gasteiger partial charge on any atom is 0.254 e. The second-order valence-corrected chi connectivity index (χ2v) is 7.67. The highest BCUT2D eigenvalue weighted by Gasteiger charge is 2.56. The summed E-state index contributed by atoms with van der Waals surface area (Å²) in [6.07, 6.45) is 7.65. The van der Waals surface area contributed by atoms with E-state index in [1.165, 1.54) is 6.21 Å². The van der Waals surface area contributed by atoms with E-state index >= 15 is 0 Å². The number of benzene rings is 1. The van der Waals surface area contributed by atoms with Crippen LogP contribution in [-0.4, -0.2) is 37.3 Å². The van der Waals surface area contributed by atoms with Gasteiger partial charge in [-0.1, -0.05) is 12.2 Å². The number of hydrogen-bond acceptors (Lipinski definition) is 5. The maximum atomic E-state index is 12.8. The predicted molar refractivity (Wildman–Crippen MR) is 99.0 cm³/mol. The molecule has 2 fully saturated rings. The number of allylic oxidation sites excluding steroid dienone is 2. The van der Waals surface area contributed by atoms with Crippen molar-refractivity contribution in [3.05, 3.63) is 34.3 Å². The third-order valence-corrected chi connectivity index (χ3v) is 6.10. The zero-order chi connectivity index (χ0) is 18.4. The summed E-state index contributed by atoms with van der Waals surface area (Å²) in [4.78, 5) is 25.5. The maximum absolute atomic E-state index is 12.8. The van der Waals surface area contributed by atoms with Crippen molar-refractivity contribution in [1.29, 1.82) is 0 Å². The van der Waals surface area contributed by atoms with E-state index in [0.717, 1.165) is 17.9 Å². The molecule has 1 aromatic rings. The van der Waals surface area contributed by atoms with Gasteiger partial charge in [-0.05, 0) is 58.3 Å². The number of amides is 2. The molecular formula is C19H19BrN2O4. The molecule has 0 spiro atoms. The Morgan fingerprint density at radius 2 is 1.69 bits per heavy atom. The van der Waals surface area contributed by atoms with Gasteiger partial charge in [0.15, 0.2) is 11.5 Å². The molecule has 1 heterocycles. The van der Waals surface area contributed by atoms with Crippen molar-refractivity contribution in [2.45, 2.75) is 12.8 Å². The van der Waals surface area contributed by atoms with Gasteiger partial charge in [0.1, 0.15) is 0 Å². The Labute approximate surface area is 160 Å². The van der Waals surface area contributed by atoms with Crippen molar-refractivity contribution in [2.75, 3.05) is 14.2 Å². The molecule has 2 bridgehead atoms. The lowest BCUT2D eigenvalue weighted by Crippen LogP contribution is -2.38. The zero-order valence-corrected chi connectivity index (χ0v) is 16.1. The van der Waals surface area contributed by atoms with Crippen LogP contribution in [0.2, 0.25) is 0 Å². The minimum absolute atomic E-state index is 0.164. The minimum atomic E-state index is -0.250. The molecule has 0 aromatic heterocycles. The lowest BCUT2D eigenvalue weighted by molar-refractivity contribution is -0.140. The minimum Gasteiger partial charge on any atom is -0.493 e. The summed E-state index contributed by atoms with van der Waals surface area (Å²) in [5.74, 6) is 0.574. The molecule has 4 aliphatic rings. The molecule has 0 unspecified atom stereocenters. The molecule has 136 valence electrons. The van der Waals surface area contributed by atoms with Gasteiger partial charge in [-0.15, -0.1) is 0 Å². The topological polar surface area (TPSA) is 68.2 Å². The van der Waals surface area contributed by atoms with E-state index in [1.807, 2.05) is 0 Å². The van der Waals surface area contributed by atoms with Crippen molar-refractivity contribution >= 4 is 34.0 Å². The zero-order valence-electron chi connectivity index (χ0n) is 14.5. The molecule has 0 radical (unpaired) electrons. The number of carbonyl (C=O) groups excluding carboxylic acids is 2. The second kappa shape index (κ2) is 6.54. The first-order valence-electron chi connectivity index (χ1n) is 8.56. The Balaban J connectivity index is 1.61. The van der Waals surface area contributed by atoms with Crippen LogP contribution in [0.25, 0.3) is 0 Å². The first-order chi connectivity index (χ1) is 12.5. The summed E-state index contributed by atoms with van der Waals surface area (Å²) >= 11 is 3.43. The highest BCUT2D eigenvalue weighted by atomic mass is 79.9. The van der Waals surface area contributed by atoms with Gasteiger partial charge in [0.2, 0.25) is 0 Å². The van der Waals surface area contributed by atoms with Crippen molar-refractivity contribution < 1.29 is 19.1 Å². The second-order valence-electron chi connectivity index (χ2n) is 6.81. The number of rotatable bonds is 4.